The summed E-state index contributed by atoms with van der Waals surface area (Å²) in [6, 6.07) is 9.32. The van der Waals surface area contributed by atoms with Crippen molar-refractivity contribution in [3.63, 3.8) is 0 Å². The van der Waals surface area contributed by atoms with E-state index in [0.717, 1.165) is 11.1 Å². The monoisotopic (exact) mass is 386 g/mol. The molecule has 2 aromatic rings. The van der Waals surface area contributed by atoms with E-state index in [1.807, 2.05) is 18.2 Å². The maximum Gasteiger partial charge on any atom is 0.231 e. The minimum atomic E-state index is -0.122. The van der Waals surface area contributed by atoms with Crippen LogP contribution in [0.15, 0.2) is 30.3 Å². The molecule has 148 valence electrons. The smallest absolute Gasteiger partial charge is 0.231 e. The van der Waals surface area contributed by atoms with Gasteiger partial charge in [0.1, 0.15) is 0 Å². The van der Waals surface area contributed by atoms with Crippen LogP contribution >= 0.6 is 0 Å². The third-order valence-corrected chi connectivity index (χ3v) is 5.80. The lowest BCUT2D eigenvalue weighted by Crippen LogP contribution is -2.14. The van der Waals surface area contributed by atoms with Gasteiger partial charge in [0.15, 0.2) is 23.0 Å². The van der Waals surface area contributed by atoms with Gasteiger partial charge in [-0.1, -0.05) is 6.07 Å². The standard InChI is InChI=1S/C21H22O7/c1-23-16-4-3-11(5-15(16)22)19-13-8-26-20(14(13)9-25-19)12-6-17(24-2)21-18(7-12)27-10-28-21/h3-7,13-14,19-20,22H,8-10H2,1-2H3/t13-,14-,19-,20+/m0/s1. The van der Waals surface area contributed by atoms with Crippen molar-refractivity contribution >= 4 is 0 Å². The molecule has 3 aliphatic rings. The number of aromatic hydroxyl groups is 1. The lowest BCUT2D eigenvalue weighted by atomic mass is 9.85. The molecule has 3 heterocycles. The highest BCUT2D eigenvalue weighted by atomic mass is 16.7. The van der Waals surface area contributed by atoms with E-state index in [1.165, 1.54) is 7.11 Å². The van der Waals surface area contributed by atoms with Crippen molar-refractivity contribution in [2.45, 2.75) is 12.2 Å². The van der Waals surface area contributed by atoms with Crippen molar-refractivity contribution in [1.82, 2.24) is 0 Å². The van der Waals surface area contributed by atoms with E-state index in [2.05, 4.69) is 0 Å². The number of phenolic OH excluding ortho intramolecular Hbond substituents is 1. The quantitative estimate of drug-likeness (QED) is 0.865. The Kier molecular flexibility index (Phi) is 4.21. The maximum atomic E-state index is 10.1. The first-order valence-corrected chi connectivity index (χ1v) is 9.27. The molecule has 0 aliphatic carbocycles. The second kappa shape index (κ2) is 6.76. The van der Waals surface area contributed by atoms with Crippen molar-refractivity contribution in [3.8, 4) is 28.7 Å². The number of fused-ring (bicyclic) bond motifs is 2. The number of hydrogen-bond acceptors (Lipinski definition) is 7. The van der Waals surface area contributed by atoms with Crippen LogP contribution < -0.4 is 18.9 Å². The number of phenols is 1. The minimum Gasteiger partial charge on any atom is -0.504 e. The van der Waals surface area contributed by atoms with Crippen LogP contribution in [-0.2, 0) is 9.47 Å². The van der Waals surface area contributed by atoms with Gasteiger partial charge in [0.2, 0.25) is 12.5 Å². The van der Waals surface area contributed by atoms with E-state index in [1.54, 1.807) is 19.2 Å². The first kappa shape index (κ1) is 17.5. The SMILES string of the molecule is COc1ccc([C@@H]2OC[C@H]3[C@@H]2CO[C@@H]3c2cc(OC)c3c(c2)OCO3)cc1O. The van der Waals surface area contributed by atoms with Crippen molar-refractivity contribution in [2.75, 3.05) is 34.2 Å². The maximum absolute atomic E-state index is 10.1. The third kappa shape index (κ3) is 2.65. The Morgan fingerprint density at radius 2 is 1.57 bits per heavy atom. The van der Waals surface area contributed by atoms with E-state index in [9.17, 15) is 5.11 Å². The van der Waals surface area contributed by atoms with Gasteiger partial charge in [0.05, 0.1) is 39.6 Å². The molecule has 1 N–H and O–H groups in total. The molecule has 0 spiro atoms. The minimum absolute atomic E-state index is 0.106. The molecule has 3 aliphatic heterocycles. The summed E-state index contributed by atoms with van der Waals surface area (Å²) >= 11 is 0. The van der Waals surface area contributed by atoms with Crippen molar-refractivity contribution in [1.29, 1.82) is 0 Å². The number of methoxy groups -OCH3 is 2. The van der Waals surface area contributed by atoms with Gasteiger partial charge in [0.25, 0.3) is 0 Å². The lowest BCUT2D eigenvalue weighted by Gasteiger charge is -2.18. The Labute approximate surface area is 162 Å². The number of benzene rings is 2. The Balaban J connectivity index is 1.41. The predicted octanol–water partition coefficient (Wildman–Crippen LogP) is 3.21. The van der Waals surface area contributed by atoms with Crippen LogP contribution in [0.2, 0.25) is 0 Å². The van der Waals surface area contributed by atoms with Crippen LogP contribution in [-0.4, -0.2) is 39.3 Å². The molecule has 0 radical (unpaired) electrons. The zero-order valence-electron chi connectivity index (χ0n) is 15.7. The Morgan fingerprint density at radius 1 is 0.857 bits per heavy atom. The second-order valence-corrected chi connectivity index (χ2v) is 7.22. The van der Waals surface area contributed by atoms with Crippen LogP contribution in [0.5, 0.6) is 28.7 Å². The second-order valence-electron chi connectivity index (χ2n) is 7.22. The zero-order valence-corrected chi connectivity index (χ0v) is 15.7. The summed E-state index contributed by atoms with van der Waals surface area (Å²) in [7, 11) is 3.15. The van der Waals surface area contributed by atoms with E-state index < -0.39 is 0 Å². The molecule has 4 atom stereocenters. The molecule has 2 saturated heterocycles. The Morgan fingerprint density at radius 3 is 2.25 bits per heavy atom. The molecular formula is C21H22O7. The van der Waals surface area contributed by atoms with Gasteiger partial charge < -0.3 is 33.5 Å². The average molecular weight is 386 g/mol. The molecule has 2 aromatic carbocycles. The number of hydrogen-bond donors (Lipinski definition) is 1. The first-order chi connectivity index (χ1) is 13.7. The molecule has 7 heteroatoms. The van der Waals surface area contributed by atoms with Gasteiger partial charge in [0, 0.05) is 11.8 Å². The highest BCUT2D eigenvalue weighted by Crippen LogP contribution is 2.53. The average Bonchev–Trinajstić information content (AvgIpc) is 3.42. The molecular weight excluding hydrogens is 364 g/mol. The molecule has 2 fully saturated rings. The van der Waals surface area contributed by atoms with Crippen molar-refractivity contribution in [2.24, 2.45) is 11.8 Å². The summed E-state index contributed by atoms with van der Waals surface area (Å²) in [4.78, 5) is 0. The zero-order chi connectivity index (χ0) is 19.3. The first-order valence-electron chi connectivity index (χ1n) is 9.27. The Bertz CT molecular complexity index is 897. The third-order valence-electron chi connectivity index (χ3n) is 5.80. The van der Waals surface area contributed by atoms with Gasteiger partial charge in [-0.3, -0.25) is 0 Å². The molecule has 0 amide bonds. The van der Waals surface area contributed by atoms with E-state index in [0.29, 0.717) is 36.2 Å². The highest BCUT2D eigenvalue weighted by molar-refractivity contribution is 5.55. The van der Waals surface area contributed by atoms with Crippen LogP contribution in [0.1, 0.15) is 23.3 Å². The molecule has 0 unspecified atom stereocenters. The molecule has 0 aromatic heterocycles. The largest absolute Gasteiger partial charge is 0.504 e. The van der Waals surface area contributed by atoms with Crippen LogP contribution in [0.4, 0.5) is 0 Å². The molecule has 7 nitrogen and oxygen atoms in total. The van der Waals surface area contributed by atoms with Crippen LogP contribution in [0, 0.1) is 11.8 Å². The summed E-state index contributed by atoms with van der Waals surface area (Å²) < 4.78 is 33.9. The van der Waals surface area contributed by atoms with Gasteiger partial charge in [-0.2, -0.15) is 0 Å². The summed E-state index contributed by atoms with van der Waals surface area (Å²) in [5.41, 5.74) is 1.92. The van der Waals surface area contributed by atoms with E-state index in [4.69, 9.17) is 28.4 Å². The molecule has 0 bridgehead atoms. The molecule has 0 saturated carbocycles. The fourth-order valence-corrected chi connectivity index (χ4v) is 4.43. The predicted molar refractivity (Wildman–Crippen MR) is 98.1 cm³/mol. The van der Waals surface area contributed by atoms with Crippen molar-refractivity contribution < 1.29 is 33.5 Å². The normalized spacial score (nSPS) is 27.6. The highest BCUT2D eigenvalue weighted by Gasteiger charge is 2.48. The summed E-state index contributed by atoms with van der Waals surface area (Å²) in [6.07, 6.45) is -0.229. The topological polar surface area (TPSA) is 75.6 Å². The summed E-state index contributed by atoms with van der Waals surface area (Å²) in [5.74, 6) is 2.93. The number of rotatable bonds is 4. The van der Waals surface area contributed by atoms with Crippen molar-refractivity contribution in [3.05, 3.63) is 41.5 Å². The fraction of sp³-hybridized carbons (Fsp3) is 0.429. The van der Waals surface area contributed by atoms with Gasteiger partial charge in [-0.15, -0.1) is 0 Å². The lowest BCUT2D eigenvalue weighted by molar-refractivity contribution is 0.0191. The Hall–Kier alpha value is -2.64. The number of ether oxygens (including phenoxy) is 6. The van der Waals surface area contributed by atoms with Crippen LogP contribution in [0.25, 0.3) is 0 Å². The van der Waals surface area contributed by atoms with E-state index >= 15 is 0 Å². The summed E-state index contributed by atoms with van der Waals surface area (Å²) in [5, 5.41) is 10.1. The molecule has 28 heavy (non-hydrogen) atoms. The van der Waals surface area contributed by atoms with Gasteiger partial charge in [-0.05, 0) is 35.4 Å². The van der Waals surface area contributed by atoms with Gasteiger partial charge >= 0.3 is 0 Å². The van der Waals surface area contributed by atoms with Crippen LogP contribution in [0.3, 0.4) is 0 Å². The van der Waals surface area contributed by atoms with E-state index in [-0.39, 0.29) is 36.6 Å². The molecule has 5 rings (SSSR count). The van der Waals surface area contributed by atoms with Gasteiger partial charge in [-0.25, -0.2) is 0 Å². The fourth-order valence-electron chi connectivity index (χ4n) is 4.43. The summed E-state index contributed by atoms with van der Waals surface area (Å²) in [6.45, 7) is 1.37.